The van der Waals surface area contributed by atoms with E-state index in [1.54, 1.807) is 12.1 Å². The lowest BCUT2D eigenvalue weighted by Gasteiger charge is -2.13. The Labute approximate surface area is 148 Å². The number of carbonyl (C=O) groups is 2. The lowest BCUT2D eigenvalue weighted by Crippen LogP contribution is -2.43. The largest absolute Gasteiger partial charge is 0.465 e. The molecule has 2 heterocycles. The highest BCUT2D eigenvalue weighted by atomic mass is 16.3. The van der Waals surface area contributed by atoms with Gasteiger partial charge in [0, 0.05) is 11.6 Å². The maximum Gasteiger partial charge on any atom is 0.270 e. The summed E-state index contributed by atoms with van der Waals surface area (Å²) in [5.74, 6) is -0.436. The Bertz CT molecular complexity index is 931. The number of nitrogens with zero attached hydrogens (tertiary/aromatic N) is 4. The molecule has 1 aromatic carbocycles. The average Bonchev–Trinajstić information content (AvgIpc) is 3.31. The van der Waals surface area contributed by atoms with Crippen LogP contribution in [0.5, 0.6) is 0 Å². The summed E-state index contributed by atoms with van der Waals surface area (Å²) in [5, 5.41) is 14.1. The van der Waals surface area contributed by atoms with Crippen molar-refractivity contribution < 1.29 is 14.0 Å². The summed E-state index contributed by atoms with van der Waals surface area (Å²) in [6, 6.07) is 11.7. The number of benzene rings is 1. The van der Waals surface area contributed by atoms with E-state index in [2.05, 4.69) is 20.8 Å². The fourth-order valence-electron chi connectivity index (χ4n) is 2.19. The Morgan fingerprint density at radius 3 is 2.65 bits per heavy atom. The SMILES string of the molecule is CC(NC(=O)/C(=C/c1ccco1)n1nnnc1-c1ccccc1)C(N)=O. The van der Waals surface area contributed by atoms with Crippen LogP contribution in [-0.4, -0.2) is 38.1 Å². The molecular weight excluding hydrogens is 336 g/mol. The number of furan rings is 1. The van der Waals surface area contributed by atoms with Crippen LogP contribution in [0.25, 0.3) is 23.2 Å². The predicted octanol–water partition coefficient (Wildman–Crippen LogP) is 0.921. The molecule has 9 nitrogen and oxygen atoms in total. The first-order valence-electron chi connectivity index (χ1n) is 7.76. The fraction of sp³-hybridized carbons (Fsp3) is 0.118. The molecule has 26 heavy (non-hydrogen) atoms. The van der Waals surface area contributed by atoms with Gasteiger partial charge in [-0.05, 0) is 29.5 Å². The number of primary amides is 1. The third kappa shape index (κ3) is 3.66. The number of hydrogen-bond donors (Lipinski definition) is 2. The molecule has 2 amide bonds. The minimum Gasteiger partial charge on any atom is -0.465 e. The van der Waals surface area contributed by atoms with Gasteiger partial charge in [-0.3, -0.25) is 9.59 Å². The molecule has 3 rings (SSSR count). The quantitative estimate of drug-likeness (QED) is 0.635. The third-order valence-corrected chi connectivity index (χ3v) is 3.56. The first-order chi connectivity index (χ1) is 12.6. The van der Waals surface area contributed by atoms with Crippen LogP contribution in [0.15, 0.2) is 53.1 Å². The van der Waals surface area contributed by atoms with Gasteiger partial charge >= 0.3 is 0 Å². The summed E-state index contributed by atoms with van der Waals surface area (Å²) >= 11 is 0. The Balaban J connectivity index is 2.04. The summed E-state index contributed by atoms with van der Waals surface area (Å²) in [5.41, 5.74) is 6.02. The van der Waals surface area contributed by atoms with E-state index in [1.165, 1.54) is 23.9 Å². The van der Waals surface area contributed by atoms with Gasteiger partial charge in [0.25, 0.3) is 5.91 Å². The number of nitrogens with two attached hydrogens (primary N) is 1. The van der Waals surface area contributed by atoms with Gasteiger partial charge < -0.3 is 15.5 Å². The molecule has 9 heteroatoms. The number of amides is 2. The average molecular weight is 352 g/mol. The van der Waals surface area contributed by atoms with Gasteiger partial charge in [0.1, 0.15) is 17.5 Å². The van der Waals surface area contributed by atoms with Crippen molar-refractivity contribution in [2.24, 2.45) is 5.73 Å². The number of carbonyl (C=O) groups excluding carboxylic acids is 2. The van der Waals surface area contributed by atoms with Crippen LogP contribution in [0, 0.1) is 0 Å². The van der Waals surface area contributed by atoms with Gasteiger partial charge in [0.05, 0.1) is 6.26 Å². The van der Waals surface area contributed by atoms with E-state index in [0.717, 1.165) is 5.56 Å². The topological polar surface area (TPSA) is 129 Å². The monoisotopic (exact) mass is 352 g/mol. The van der Waals surface area contributed by atoms with E-state index in [4.69, 9.17) is 10.2 Å². The van der Waals surface area contributed by atoms with Crippen LogP contribution >= 0.6 is 0 Å². The Kier molecular flexibility index (Phi) is 4.88. The zero-order valence-corrected chi connectivity index (χ0v) is 13.9. The molecule has 0 saturated carbocycles. The summed E-state index contributed by atoms with van der Waals surface area (Å²) in [7, 11) is 0. The van der Waals surface area contributed by atoms with E-state index >= 15 is 0 Å². The second kappa shape index (κ2) is 7.43. The van der Waals surface area contributed by atoms with Crippen molar-refractivity contribution >= 4 is 23.6 Å². The van der Waals surface area contributed by atoms with Gasteiger partial charge in [0.15, 0.2) is 5.82 Å². The molecule has 0 fully saturated rings. The van der Waals surface area contributed by atoms with Crippen LogP contribution in [0.4, 0.5) is 0 Å². The summed E-state index contributed by atoms with van der Waals surface area (Å²) in [6.45, 7) is 1.49. The smallest absolute Gasteiger partial charge is 0.270 e. The van der Waals surface area contributed by atoms with E-state index in [1.807, 2.05) is 30.3 Å². The van der Waals surface area contributed by atoms with Crippen molar-refractivity contribution in [2.75, 3.05) is 0 Å². The van der Waals surface area contributed by atoms with Gasteiger partial charge in [-0.25, -0.2) is 0 Å². The number of nitrogens with one attached hydrogen (secondary N) is 1. The lowest BCUT2D eigenvalue weighted by atomic mass is 10.2. The Morgan fingerprint density at radius 1 is 1.23 bits per heavy atom. The second-order valence-electron chi connectivity index (χ2n) is 5.42. The van der Waals surface area contributed by atoms with Crippen molar-refractivity contribution in [2.45, 2.75) is 13.0 Å². The first kappa shape index (κ1) is 17.1. The van der Waals surface area contributed by atoms with E-state index in [9.17, 15) is 9.59 Å². The van der Waals surface area contributed by atoms with Crippen LogP contribution in [-0.2, 0) is 9.59 Å². The predicted molar refractivity (Wildman–Crippen MR) is 92.9 cm³/mol. The molecule has 1 unspecified atom stereocenters. The molecule has 0 spiro atoms. The number of rotatable bonds is 6. The molecule has 3 N–H and O–H groups in total. The Morgan fingerprint density at radius 2 is 2.00 bits per heavy atom. The number of tetrazole rings is 1. The molecule has 2 aromatic heterocycles. The second-order valence-corrected chi connectivity index (χ2v) is 5.42. The van der Waals surface area contributed by atoms with Gasteiger partial charge in [-0.15, -0.1) is 5.10 Å². The van der Waals surface area contributed by atoms with Crippen molar-refractivity contribution in [3.05, 3.63) is 54.5 Å². The molecule has 132 valence electrons. The number of aromatic nitrogens is 4. The normalized spacial score (nSPS) is 12.6. The van der Waals surface area contributed by atoms with Crippen molar-refractivity contribution in [3.8, 4) is 11.4 Å². The molecule has 0 aliphatic heterocycles. The molecule has 3 aromatic rings. The highest BCUT2D eigenvalue weighted by Crippen LogP contribution is 2.20. The highest BCUT2D eigenvalue weighted by Gasteiger charge is 2.22. The first-order valence-corrected chi connectivity index (χ1v) is 7.76. The molecule has 0 bridgehead atoms. The fourth-order valence-corrected chi connectivity index (χ4v) is 2.19. The maximum absolute atomic E-state index is 12.7. The third-order valence-electron chi connectivity index (χ3n) is 3.56. The molecule has 0 aliphatic rings. The van der Waals surface area contributed by atoms with Crippen molar-refractivity contribution in [1.29, 1.82) is 0 Å². The minimum absolute atomic E-state index is 0.0805. The van der Waals surface area contributed by atoms with Crippen LogP contribution in [0.3, 0.4) is 0 Å². The van der Waals surface area contributed by atoms with Gasteiger partial charge in [-0.2, -0.15) is 4.68 Å². The van der Waals surface area contributed by atoms with E-state index in [-0.39, 0.29) is 5.70 Å². The molecular formula is C17H16N6O3. The van der Waals surface area contributed by atoms with Crippen molar-refractivity contribution in [1.82, 2.24) is 25.5 Å². The molecule has 0 aliphatic carbocycles. The minimum atomic E-state index is -0.862. The van der Waals surface area contributed by atoms with Gasteiger partial charge in [-0.1, -0.05) is 30.3 Å². The van der Waals surface area contributed by atoms with E-state index < -0.39 is 17.9 Å². The molecule has 0 saturated heterocycles. The summed E-state index contributed by atoms with van der Waals surface area (Å²) in [6.07, 6.45) is 2.96. The van der Waals surface area contributed by atoms with E-state index in [0.29, 0.717) is 11.6 Å². The Hall–Kier alpha value is -3.75. The standard InChI is InChI=1S/C17H16N6O3/c1-11(15(18)24)19-17(25)14(10-13-8-5-9-26-13)23-16(20-21-22-23)12-6-3-2-4-7-12/h2-11H,1H3,(H2,18,24)(H,19,25)/b14-10-. The zero-order chi connectivity index (χ0) is 18.5. The number of hydrogen-bond acceptors (Lipinski definition) is 6. The highest BCUT2D eigenvalue weighted by molar-refractivity contribution is 6.19. The maximum atomic E-state index is 12.7. The van der Waals surface area contributed by atoms with Crippen LogP contribution in [0.1, 0.15) is 12.7 Å². The van der Waals surface area contributed by atoms with Crippen LogP contribution < -0.4 is 11.1 Å². The molecule has 1 atom stereocenters. The van der Waals surface area contributed by atoms with Crippen molar-refractivity contribution in [3.63, 3.8) is 0 Å². The summed E-state index contributed by atoms with van der Waals surface area (Å²) in [4.78, 5) is 24.0. The lowest BCUT2D eigenvalue weighted by molar-refractivity contribution is -0.124. The van der Waals surface area contributed by atoms with Gasteiger partial charge in [0.2, 0.25) is 5.91 Å². The summed E-state index contributed by atoms with van der Waals surface area (Å²) < 4.78 is 6.56. The molecule has 0 radical (unpaired) electrons. The van der Waals surface area contributed by atoms with Crippen LogP contribution in [0.2, 0.25) is 0 Å². The zero-order valence-electron chi connectivity index (χ0n) is 13.9.